The van der Waals surface area contributed by atoms with E-state index in [1.807, 2.05) is 48.5 Å². The standard InChI is InChI=1S/C25H22F2N2O2/c1-30-21-9-5-18(6-10-21)16-29(17-19-7-11-22(31-2)12-8-19)25-15-23(26)20(4-3-13-28)14-24(25)27/h3-12,14-15H,16-17H2,1-2H3/b4-3+. The number of allylic oxidation sites excluding steroid dienone is 1. The number of hydrogen-bond acceptors (Lipinski definition) is 4. The van der Waals surface area contributed by atoms with Gasteiger partial charge in [-0.25, -0.2) is 8.78 Å². The predicted octanol–water partition coefficient (Wildman–Crippen LogP) is 5.73. The topological polar surface area (TPSA) is 45.5 Å². The Balaban J connectivity index is 1.96. The number of nitriles is 1. The summed E-state index contributed by atoms with van der Waals surface area (Å²) in [7, 11) is 3.18. The Bertz CT molecular complexity index is 1040. The molecule has 0 aliphatic carbocycles. The van der Waals surface area contributed by atoms with Crippen LogP contribution in [0.15, 0.2) is 66.7 Å². The molecule has 6 heteroatoms. The maximum atomic E-state index is 15.0. The van der Waals surface area contributed by atoms with Gasteiger partial charge < -0.3 is 14.4 Å². The number of anilines is 1. The van der Waals surface area contributed by atoms with Crippen LogP contribution in [0.2, 0.25) is 0 Å². The van der Waals surface area contributed by atoms with Gasteiger partial charge in [-0.15, -0.1) is 0 Å². The second-order valence-electron chi connectivity index (χ2n) is 6.84. The van der Waals surface area contributed by atoms with Crippen LogP contribution < -0.4 is 14.4 Å². The third-order valence-corrected chi connectivity index (χ3v) is 4.81. The zero-order valence-corrected chi connectivity index (χ0v) is 17.3. The molecule has 0 saturated heterocycles. The van der Waals surface area contributed by atoms with Crippen molar-refractivity contribution in [3.8, 4) is 17.6 Å². The molecule has 3 aromatic rings. The minimum Gasteiger partial charge on any atom is -0.497 e. The van der Waals surface area contributed by atoms with Crippen molar-refractivity contribution in [1.82, 2.24) is 0 Å². The fourth-order valence-electron chi connectivity index (χ4n) is 3.18. The van der Waals surface area contributed by atoms with Crippen LogP contribution in [0, 0.1) is 23.0 Å². The Morgan fingerprint density at radius 2 is 1.35 bits per heavy atom. The first kappa shape index (κ1) is 21.8. The summed E-state index contributed by atoms with van der Waals surface area (Å²) in [5.74, 6) is 0.269. The fraction of sp³-hybridized carbons (Fsp3) is 0.160. The Morgan fingerprint density at radius 1 is 0.839 bits per heavy atom. The van der Waals surface area contributed by atoms with Crippen LogP contribution in [-0.2, 0) is 13.1 Å². The lowest BCUT2D eigenvalue weighted by Crippen LogP contribution is -2.23. The lowest BCUT2D eigenvalue weighted by atomic mass is 10.1. The first-order chi connectivity index (χ1) is 15.0. The third-order valence-electron chi connectivity index (χ3n) is 4.81. The first-order valence-corrected chi connectivity index (χ1v) is 9.60. The van der Waals surface area contributed by atoms with Crippen LogP contribution in [0.3, 0.4) is 0 Å². The zero-order chi connectivity index (χ0) is 22.2. The van der Waals surface area contributed by atoms with Crippen molar-refractivity contribution in [3.05, 3.63) is 95.1 Å². The van der Waals surface area contributed by atoms with E-state index < -0.39 is 11.6 Å². The Hall–Kier alpha value is -3.85. The molecule has 3 aromatic carbocycles. The van der Waals surface area contributed by atoms with Gasteiger partial charge in [0.15, 0.2) is 0 Å². The molecule has 0 spiro atoms. The van der Waals surface area contributed by atoms with Crippen LogP contribution in [-0.4, -0.2) is 14.2 Å². The Kier molecular flexibility index (Phi) is 7.23. The molecule has 0 bridgehead atoms. The smallest absolute Gasteiger partial charge is 0.147 e. The lowest BCUT2D eigenvalue weighted by molar-refractivity contribution is 0.414. The van der Waals surface area contributed by atoms with Crippen molar-refractivity contribution < 1.29 is 18.3 Å². The normalized spacial score (nSPS) is 10.7. The molecule has 0 aliphatic heterocycles. The Morgan fingerprint density at radius 3 is 1.81 bits per heavy atom. The quantitative estimate of drug-likeness (QED) is 0.437. The minimum atomic E-state index is -0.600. The van der Waals surface area contributed by atoms with E-state index in [4.69, 9.17) is 14.7 Å². The number of nitrogens with zero attached hydrogens (tertiary/aromatic N) is 2. The van der Waals surface area contributed by atoms with Crippen molar-refractivity contribution in [2.45, 2.75) is 13.1 Å². The van der Waals surface area contributed by atoms with Gasteiger partial charge in [0.05, 0.1) is 26.0 Å². The summed E-state index contributed by atoms with van der Waals surface area (Å²) in [6.45, 7) is 0.722. The largest absolute Gasteiger partial charge is 0.497 e. The molecule has 4 nitrogen and oxygen atoms in total. The van der Waals surface area contributed by atoms with Gasteiger partial charge in [0.25, 0.3) is 0 Å². The molecular weight excluding hydrogens is 398 g/mol. The number of ether oxygens (including phenoxy) is 2. The maximum absolute atomic E-state index is 15.0. The lowest BCUT2D eigenvalue weighted by Gasteiger charge is -2.26. The number of halogens is 2. The van der Waals surface area contributed by atoms with E-state index >= 15 is 0 Å². The second kappa shape index (κ2) is 10.3. The number of hydrogen-bond donors (Lipinski definition) is 0. The van der Waals surface area contributed by atoms with E-state index in [-0.39, 0.29) is 11.3 Å². The molecule has 0 fully saturated rings. The summed E-state index contributed by atoms with van der Waals surface area (Å²) in [6.07, 6.45) is 2.36. The highest BCUT2D eigenvalue weighted by Gasteiger charge is 2.16. The summed E-state index contributed by atoms with van der Waals surface area (Å²) in [5, 5.41) is 8.65. The Labute approximate surface area is 180 Å². The highest BCUT2D eigenvalue weighted by Crippen LogP contribution is 2.28. The van der Waals surface area contributed by atoms with Crippen molar-refractivity contribution in [2.24, 2.45) is 0 Å². The zero-order valence-electron chi connectivity index (χ0n) is 17.3. The molecule has 0 atom stereocenters. The number of methoxy groups -OCH3 is 2. The molecule has 3 rings (SSSR count). The van der Waals surface area contributed by atoms with Crippen LogP contribution in [0.4, 0.5) is 14.5 Å². The monoisotopic (exact) mass is 420 g/mol. The van der Waals surface area contributed by atoms with Gasteiger partial charge in [0, 0.05) is 30.8 Å². The highest BCUT2D eigenvalue weighted by molar-refractivity contribution is 5.59. The van der Waals surface area contributed by atoms with Gasteiger partial charge in [0.2, 0.25) is 0 Å². The van der Waals surface area contributed by atoms with E-state index in [2.05, 4.69) is 0 Å². The van der Waals surface area contributed by atoms with Crippen molar-refractivity contribution in [3.63, 3.8) is 0 Å². The van der Waals surface area contributed by atoms with Crippen molar-refractivity contribution in [1.29, 1.82) is 5.26 Å². The van der Waals surface area contributed by atoms with Crippen molar-refractivity contribution >= 4 is 11.8 Å². The molecule has 0 aliphatic rings. The van der Waals surface area contributed by atoms with Crippen molar-refractivity contribution in [2.75, 3.05) is 19.1 Å². The summed E-state index contributed by atoms with van der Waals surface area (Å²) >= 11 is 0. The van der Waals surface area contributed by atoms with E-state index in [9.17, 15) is 8.78 Å². The molecule has 0 radical (unpaired) electrons. The number of benzene rings is 3. The van der Waals surface area contributed by atoms with Crippen LogP contribution in [0.1, 0.15) is 16.7 Å². The summed E-state index contributed by atoms with van der Waals surface area (Å²) in [4.78, 5) is 1.76. The highest BCUT2D eigenvalue weighted by atomic mass is 19.1. The van der Waals surface area contributed by atoms with Gasteiger partial charge in [0.1, 0.15) is 23.1 Å². The van der Waals surface area contributed by atoms with Crippen LogP contribution in [0.25, 0.3) is 6.08 Å². The van der Waals surface area contributed by atoms with Crippen LogP contribution in [0.5, 0.6) is 11.5 Å². The molecule has 0 saturated carbocycles. The van der Waals surface area contributed by atoms with E-state index in [0.29, 0.717) is 13.1 Å². The predicted molar refractivity (Wildman–Crippen MR) is 117 cm³/mol. The molecule has 0 heterocycles. The van der Waals surface area contributed by atoms with Gasteiger partial charge >= 0.3 is 0 Å². The van der Waals surface area contributed by atoms with Gasteiger partial charge in [-0.3, -0.25) is 0 Å². The van der Waals surface area contributed by atoms with E-state index in [1.54, 1.807) is 25.2 Å². The molecule has 0 unspecified atom stereocenters. The van der Waals surface area contributed by atoms with Crippen LogP contribution >= 0.6 is 0 Å². The fourth-order valence-corrected chi connectivity index (χ4v) is 3.18. The van der Waals surface area contributed by atoms with E-state index in [1.165, 1.54) is 12.1 Å². The van der Waals surface area contributed by atoms with Gasteiger partial charge in [-0.1, -0.05) is 24.3 Å². The average molecular weight is 420 g/mol. The molecule has 0 amide bonds. The summed E-state index contributed by atoms with van der Waals surface area (Å²) in [6, 6.07) is 18.9. The SMILES string of the molecule is COc1ccc(CN(Cc2ccc(OC)cc2)c2cc(F)c(/C=C/C#N)cc2F)cc1. The summed E-state index contributed by atoms with van der Waals surface area (Å²) in [5.41, 5.74) is 2.00. The van der Waals surface area contributed by atoms with E-state index in [0.717, 1.165) is 34.8 Å². The third kappa shape index (κ3) is 5.61. The minimum absolute atomic E-state index is 0.0247. The second-order valence-corrected chi connectivity index (χ2v) is 6.84. The molecule has 0 N–H and O–H groups in total. The number of rotatable bonds is 8. The molecule has 31 heavy (non-hydrogen) atoms. The molecule has 158 valence electrons. The maximum Gasteiger partial charge on any atom is 0.147 e. The average Bonchev–Trinajstić information content (AvgIpc) is 2.80. The summed E-state index contributed by atoms with van der Waals surface area (Å²) < 4.78 is 40.0. The van der Waals surface area contributed by atoms with Gasteiger partial charge in [-0.05, 0) is 47.5 Å². The van der Waals surface area contributed by atoms with Gasteiger partial charge in [-0.2, -0.15) is 5.26 Å². The first-order valence-electron chi connectivity index (χ1n) is 9.60. The molecular formula is C25H22F2N2O2. The molecule has 0 aromatic heterocycles.